The van der Waals surface area contributed by atoms with Crippen LogP contribution in [0, 0.1) is 0 Å². The van der Waals surface area contributed by atoms with Crippen LogP contribution in [0.2, 0.25) is 0 Å². The van der Waals surface area contributed by atoms with E-state index < -0.39 is 5.56 Å². The Hall–Kier alpha value is -2.74. The van der Waals surface area contributed by atoms with Gasteiger partial charge >= 0.3 is 0 Å². The fourth-order valence-corrected chi connectivity index (χ4v) is 2.05. The van der Waals surface area contributed by atoms with Crippen molar-refractivity contribution in [2.75, 3.05) is 0 Å². The van der Waals surface area contributed by atoms with Gasteiger partial charge in [0, 0.05) is 16.8 Å². The molecular weight excluding hydrogens is 280 g/mol. The summed E-state index contributed by atoms with van der Waals surface area (Å²) in [6, 6.07) is 6.31. The van der Waals surface area contributed by atoms with Crippen molar-refractivity contribution in [3.63, 3.8) is 0 Å². The smallest absolute Gasteiger partial charge is 0.282 e. The Kier molecular flexibility index (Phi) is 2.72. The zero-order valence-electron chi connectivity index (χ0n) is 9.95. The summed E-state index contributed by atoms with van der Waals surface area (Å²) in [5.41, 5.74) is 5.94. The minimum absolute atomic E-state index is 0.0966. The molecule has 0 aliphatic rings. The van der Waals surface area contributed by atoms with Crippen LogP contribution < -0.4 is 11.3 Å². The van der Waals surface area contributed by atoms with E-state index in [-0.39, 0.29) is 16.7 Å². The third kappa shape index (κ3) is 1.91. The summed E-state index contributed by atoms with van der Waals surface area (Å²) in [6.45, 7) is 0. The molecule has 0 spiro atoms. The molecule has 0 amide bonds. The lowest BCUT2D eigenvalue weighted by atomic mass is 10.1. The lowest BCUT2D eigenvalue weighted by Gasteiger charge is -2.00. The highest BCUT2D eigenvalue weighted by molar-refractivity contribution is 7.80. The molecule has 2 heterocycles. The Labute approximate surface area is 116 Å². The quantitative estimate of drug-likeness (QED) is 0.469. The van der Waals surface area contributed by atoms with Crippen LogP contribution >= 0.6 is 12.2 Å². The van der Waals surface area contributed by atoms with Crippen LogP contribution in [-0.4, -0.2) is 15.2 Å². The molecule has 2 aromatic heterocycles. The maximum atomic E-state index is 11.9. The number of azo groups is 1. The number of hydrogen-bond donors (Lipinski definition) is 3. The van der Waals surface area contributed by atoms with Crippen LogP contribution in [0.5, 0.6) is 5.95 Å². The van der Waals surface area contributed by atoms with Crippen molar-refractivity contribution in [1.82, 2.24) is 4.98 Å². The molecule has 0 bridgehead atoms. The van der Waals surface area contributed by atoms with Gasteiger partial charge in [0.2, 0.25) is 5.11 Å². The highest BCUT2D eigenvalue weighted by atomic mass is 32.1. The van der Waals surface area contributed by atoms with Crippen molar-refractivity contribution in [2.24, 2.45) is 16.0 Å². The number of nitrogens with zero attached hydrogens (tertiary/aromatic N) is 2. The minimum Gasteiger partial charge on any atom is -0.481 e. The second kappa shape index (κ2) is 4.42. The summed E-state index contributed by atoms with van der Waals surface area (Å²) in [6.07, 6.45) is 0. The normalized spacial score (nSPS) is 11.6. The first kappa shape index (κ1) is 12.3. The van der Waals surface area contributed by atoms with Gasteiger partial charge < -0.3 is 20.2 Å². The zero-order chi connectivity index (χ0) is 14.3. The number of aromatic nitrogens is 1. The minimum atomic E-state index is -0.402. The van der Waals surface area contributed by atoms with Crippen LogP contribution in [0.1, 0.15) is 0 Å². The van der Waals surface area contributed by atoms with Gasteiger partial charge in [-0.1, -0.05) is 0 Å². The second-order valence-corrected chi connectivity index (χ2v) is 4.43. The van der Waals surface area contributed by atoms with Gasteiger partial charge in [-0.05, 0) is 30.4 Å². The fourth-order valence-electron chi connectivity index (χ4n) is 2.01. The molecule has 0 aliphatic heterocycles. The molecule has 0 radical (unpaired) electrons. The Bertz CT molecular complexity index is 925. The number of aromatic hydroxyl groups is 1. The van der Waals surface area contributed by atoms with Gasteiger partial charge in [0.1, 0.15) is 5.58 Å². The topological polar surface area (TPSA) is 117 Å². The van der Waals surface area contributed by atoms with Crippen LogP contribution in [0.15, 0.2) is 43.7 Å². The molecule has 3 rings (SSSR count). The largest absolute Gasteiger partial charge is 0.481 e. The van der Waals surface area contributed by atoms with Gasteiger partial charge in [-0.3, -0.25) is 4.79 Å². The average molecular weight is 288 g/mol. The number of rotatable bonds is 1. The Morgan fingerprint density at radius 2 is 2.15 bits per heavy atom. The van der Waals surface area contributed by atoms with E-state index in [2.05, 4.69) is 27.4 Å². The predicted molar refractivity (Wildman–Crippen MR) is 77.3 cm³/mol. The molecule has 0 saturated carbocycles. The molecule has 0 fully saturated rings. The molecule has 0 saturated heterocycles. The van der Waals surface area contributed by atoms with Gasteiger partial charge in [0.05, 0.1) is 5.52 Å². The van der Waals surface area contributed by atoms with Crippen LogP contribution in [0.25, 0.3) is 21.9 Å². The summed E-state index contributed by atoms with van der Waals surface area (Å²) >= 11 is 4.60. The summed E-state index contributed by atoms with van der Waals surface area (Å²) in [5, 5.41) is 17.6. The van der Waals surface area contributed by atoms with Crippen molar-refractivity contribution in [2.45, 2.75) is 0 Å². The number of hydrogen-bond acceptors (Lipinski definition) is 5. The van der Waals surface area contributed by atoms with E-state index >= 15 is 0 Å². The number of benzene rings is 1. The van der Waals surface area contributed by atoms with E-state index in [1.54, 1.807) is 18.2 Å². The third-order valence-corrected chi connectivity index (χ3v) is 2.84. The lowest BCUT2D eigenvalue weighted by molar-refractivity contribution is 0.340. The van der Waals surface area contributed by atoms with E-state index in [0.29, 0.717) is 21.9 Å². The molecule has 7 nitrogen and oxygen atoms in total. The van der Waals surface area contributed by atoms with Gasteiger partial charge in [0.25, 0.3) is 11.5 Å². The predicted octanol–water partition coefficient (Wildman–Crippen LogP) is 2.31. The molecule has 20 heavy (non-hydrogen) atoms. The first-order valence-electron chi connectivity index (χ1n) is 5.55. The number of aromatic amines is 1. The molecule has 100 valence electrons. The summed E-state index contributed by atoms with van der Waals surface area (Å²) in [7, 11) is 0. The standard InChI is InChI=1S/C12H8N4O3S/c13-12(20)16-15-10-9-5-1-4-8(17)19-7(5)3-2-6(9)14-11(10)18/h1-4,17H,(H2,13,20)(H,14,18). The Morgan fingerprint density at radius 1 is 1.35 bits per heavy atom. The van der Waals surface area contributed by atoms with Crippen LogP contribution in [0.3, 0.4) is 0 Å². The maximum absolute atomic E-state index is 11.9. The maximum Gasteiger partial charge on any atom is 0.282 e. The van der Waals surface area contributed by atoms with E-state index in [0.717, 1.165) is 0 Å². The van der Waals surface area contributed by atoms with E-state index in [4.69, 9.17) is 10.2 Å². The molecule has 1 aromatic carbocycles. The van der Waals surface area contributed by atoms with Crippen molar-refractivity contribution in [3.05, 3.63) is 34.6 Å². The average Bonchev–Trinajstić information content (AvgIpc) is 2.72. The summed E-state index contributed by atoms with van der Waals surface area (Å²) in [5.74, 6) is -0.221. The number of H-pyrrole nitrogens is 1. The van der Waals surface area contributed by atoms with E-state index in [1.807, 2.05) is 0 Å². The second-order valence-electron chi connectivity index (χ2n) is 4.01. The number of thiocarbonyl (C=S) groups is 1. The molecule has 0 aliphatic carbocycles. The molecule has 0 unspecified atom stereocenters. The number of nitrogens with one attached hydrogen (secondary N) is 1. The highest BCUT2D eigenvalue weighted by Crippen LogP contribution is 2.32. The molecule has 8 heteroatoms. The number of nitrogens with two attached hydrogens (primary N) is 1. The van der Waals surface area contributed by atoms with Crippen molar-refractivity contribution >= 4 is 44.9 Å². The highest BCUT2D eigenvalue weighted by Gasteiger charge is 2.13. The third-order valence-electron chi connectivity index (χ3n) is 2.76. The Morgan fingerprint density at radius 3 is 2.90 bits per heavy atom. The monoisotopic (exact) mass is 288 g/mol. The van der Waals surface area contributed by atoms with Gasteiger partial charge in [-0.25, -0.2) is 0 Å². The lowest BCUT2D eigenvalue weighted by Crippen LogP contribution is -2.02. The molecule has 0 atom stereocenters. The first-order valence-corrected chi connectivity index (χ1v) is 5.96. The van der Waals surface area contributed by atoms with E-state index in [9.17, 15) is 9.90 Å². The summed E-state index contributed by atoms with van der Waals surface area (Å²) in [4.78, 5) is 14.5. The fraction of sp³-hybridized carbons (Fsp3) is 0. The molecule has 4 N–H and O–H groups in total. The van der Waals surface area contributed by atoms with Crippen molar-refractivity contribution in [1.29, 1.82) is 0 Å². The zero-order valence-corrected chi connectivity index (χ0v) is 10.8. The first-order chi connectivity index (χ1) is 9.56. The van der Waals surface area contributed by atoms with Gasteiger partial charge in [0.15, 0.2) is 5.69 Å². The van der Waals surface area contributed by atoms with Crippen molar-refractivity contribution in [3.8, 4) is 5.95 Å². The van der Waals surface area contributed by atoms with Gasteiger partial charge in [-0.2, -0.15) is 0 Å². The van der Waals surface area contributed by atoms with Crippen LogP contribution in [-0.2, 0) is 0 Å². The molecular formula is C12H8N4O3S. The summed E-state index contributed by atoms with van der Waals surface area (Å²) < 4.78 is 5.18. The van der Waals surface area contributed by atoms with Crippen molar-refractivity contribution < 1.29 is 9.52 Å². The SMILES string of the molecule is NC(=S)N=Nc1c(=O)[nH]c2ccc3oc(O)ccc3c12. The van der Waals surface area contributed by atoms with Crippen LogP contribution in [0.4, 0.5) is 5.69 Å². The van der Waals surface area contributed by atoms with E-state index in [1.165, 1.54) is 6.07 Å². The van der Waals surface area contributed by atoms with Gasteiger partial charge in [-0.15, -0.1) is 10.2 Å². The number of fused-ring (bicyclic) bond motifs is 3. The molecule has 3 aromatic rings. The Balaban J connectivity index is 2.42.